The second-order valence-corrected chi connectivity index (χ2v) is 8.36. The minimum atomic E-state index is -4.35. The Labute approximate surface area is 180 Å². The summed E-state index contributed by atoms with van der Waals surface area (Å²) in [5, 5.41) is 6.83. The third kappa shape index (κ3) is 5.60. The highest BCUT2D eigenvalue weighted by atomic mass is 32.2. The van der Waals surface area contributed by atoms with Gasteiger partial charge in [0.05, 0.1) is 11.9 Å². The number of hydrogen-bond acceptors (Lipinski definition) is 6. The van der Waals surface area contributed by atoms with Crippen LogP contribution in [-0.4, -0.2) is 52.0 Å². The summed E-state index contributed by atoms with van der Waals surface area (Å²) in [4.78, 5) is 26.3. The summed E-state index contributed by atoms with van der Waals surface area (Å²) in [5.41, 5.74) is -3.12. The van der Waals surface area contributed by atoms with Gasteiger partial charge >= 0.3 is 5.51 Å². The van der Waals surface area contributed by atoms with Gasteiger partial charge in [-0.3, -0.25) is 4.79 Å². The van der Waals surface area contributed by atoms with Crippen LogP contribution in [0.25, 0.3) is 11.0 Å². The van der Waals surface area contributed by atoms with Crippen LogP contribution < -0.4 is 15.5 Å². The molecule has 0 unspecified atom stereocenters. The second-order valence-electron chi connectivity index (χ2n) is 7.22. The number of piperidine rings is 1. The number of aromatic nitrogens is 3. The van der Waals surface area contributed by atoms with Crippen LogP contribution in [0.15, 0.2) is 47.8 Å². The SMILES string of the molecule is O=C(CNc1cccc(SC(F)(F)F)c1)N[C@@H]1CCCN(c2ncnc3[nH]ccc23)C1. The molecule has 1 saturated heterocycles. The molecule has 31 heavy (non-hydrogen) atoms. The molecule has 2 aromatic heterocycles. The van der Waals surface area contributed by atoms with Gasteiger partial charge in [-0.15, -0.1) is 0 Å². The molecular formula is C20H21F3N6OS. The van der Waals surface area contributed by atoms with E-state index in [4.69, 9.17) is 0 Å². The topological polar surface area (TPSA) is 85.9 Å². The zero-order chi connectivity index (χ0) is 21.8. The van der Waals surface area contributed by atoms with Crippen molar-refractivity contribution in [3.63, 3.8) is 0 Å². The number of alkyl halides is 3. The molecule has 1 aliphatic rings. The summed E-state index contributed by atoms with van der Waals surface area (Å²) in [5.74, 6) is 0.623. The zero-order valence-electron chi connectivity index (χ0n) is 16.4. The second kappa shape index (κ2) is 9.04. The minimum absolute atomic E-state index is 0.0216. The van der Waals surface area contributed by atoms with Crippen molar-refractivity contribution < 1.29 is 18.0 Å². The van der Waals surface area contributed by atoms with Crippen molar-refractivity contribution in [3.8, 4) is 0 Å². The Kier molecular flexibility index (Phi) is 6.21. The molecule has 0 saturated carbocycles. The molecular weight excluding hydrogens is 429 g/mol. The van der Waals surface area contributed by atoms with Gasteiger partial charge in [-0.05, 0) is 48.9 Å². The minimum Gasteiger partial charge on any atom is -0.376 e. The monoisotopic (exact) mass is 450 g/mol. The summed E-state index contributed by atoms with van der Waals surface area (Å²) >= 11 is -0.182. The van der Waals surface area contributed by atoms with Crippen LogP contribution in [0.3, 0.4) is 0 Å². The molecule has 0 aliphatic carbocycles. The molecule has 7 nitrogen and oxygen atoms in total. The first-order valence-corrected chi connectivity index (χ1v) is 10.6. The standard InChI is InChI=1S/C20H21F3N6OS/c21-20(22,23)31-15-5-1-3-13(9-15)25-10-17(30)28-14-4-2-8-29(11-14)19-16-6-7-24-18(16)26-12-27-19/h1,3,5-7,9,12,14,25H,2,4,8,10-11H2,(H,28,30)(H,24,26,27)/t14-/m1/s1. The van der Waals surface area contributed by atoms with Gasteiger partial charge in [0.1, 0.15) is 17.8 Å². The number of anilines is 2. The lowest BCUT2D eigenvalue weighted by Gasteiger charge is -2.34. The van der Waals surface area contributed by atoms with Crippen molar-refractivity contribution in [2.75, 3.05) is 29.9 Å². The maximum absolute atomic E-state index is 12.5. The van der Waals surface area contributed by atoms with Crippen LogP contribution in [0.2, 0.25) is 0 Å². The maximum Gasteiger partial charge on any atom is 0.446 e. The van der Waals surface area contributed by atoms with Gasteiger partial charge in [-0.1, -0.05) is 6.07 Å². The van der Waals surface area contributed by atoms with Gasteiger partial charge in [0.2, 0.25) is 5.91 Å². The van der Waals surface area contributed by atoms with Gasteiger partial charge in [0, 0.05) is 35.9 Å². The van der Waals surface area contributed by atoms with Crippen molar-refractivity contribution in [1.29, 1.82) is 0 Å². The molecule has 164 valence electrons. The van der Waals surface area contributed by atoms with E-state index in [0.29, 0.717) is 12.2 Å². The number of fused-ring (bicyclic) bond motifs is 1. The van der Waals surface area contributed by atoms with Crippen LogP contribution in [0.5, 0.6) is 0 Å². The Bertz CT molecular complexity index is 1060. The smallest absolute Gasteiger partial charge is 0.376 e. The third-order valence-electron chi connectivity index (χ3n) is 4.94. The number of benzene rings is 1. The zero-order valence-corrected chi connectivity index (χ0v) is 17.3. The van der Waals surface area contributed by atoms with Crippen molar-refractivity contribution in [2.24, 2.45) is 0 Å². The van der Waals surface area contributed by atoms with E-state index in [-0.39, 0.29) is 35.2 Å². The van der Waals surface area contributed by atoms with Crippen LogP contribution in [0.4, 0.5) is 24.7 Å². The summed E-state index contributed by atoms with van der Waals surface area (Å²) < 4.78 is 37.6. The number of nitrogens with zero attached hydrogens (tertiary/aromatic N) is 3. The van der Waals surface area contributed by atoms with Gasteiger partial charge < -0.3 is 20.5 Å². The van der Waals surface area contributed by atoms with Crippen molar-refractivity contribution in [3.05, 3.63) is 42.9 Å². The van der Waals surface area contributed by atoms with Crippen molar-refractivity contribution >= 4 is 40.2 Å². The van der Waals surface area contributed by atoms with Crippen LogP contribution in [0, 0.1) is 0 Å². The molecule has 3 aromatic rings. The van der Waals surface area contributed by atoms with E-state index in [1.54, 1.807) is 6.07 Å². The average Bonchev–Trinajstić information content (AvgIpc) is 3.20. The first-order chi connectivity index (χ1) is 14.9. The largest absolute Gasteiger partial charge is 0.446 e. The predicted molar refractivity (Wildman–Crippen MR) is 114 cm³/mol. The summed E-state index contributed by atoms with van der Waals surface area (Å²) in [6.45, 7) is 1.44. The Balaban J connectivity index is 1.32. The van der Waals surface area contributed by atoms with Crippen LogP contribution >= 0.6 is 11.8 Å². The quantitative estimate of drug-likeness (QED) is 0.496. The van der Waals surface area contributed by atoms with E-state index in [0.717, 1.165) is 36.2 Å². The van der Waals surface area contributed by atoms with Gasteiger partial charge in [0.25, 0.3) is 0 Å². The molecule has 4 rings (SSSR count). The Hall–Kier alpha value is -2.95. The summed E-state index contributed by atoms with van der Waals surface area (Å²) in [6.07, 6.45) is 5.09. The Morgan fingerprint density at radius 1 is 1.29 bits per heavy atom. The molecule has 1 aromatic carbocycles. The fraction of sp³-hybridized carbons (Fsp3) is 0.350. The maximum atomic E-state index is 12.5. The van der Waals surface area contributed by atoms with Gasteiger partial charge in [-0.2, -0.15) is 13.2 Å². The van der Waals surface area contributed by atoms with Gasteiger partial charge in [-0.25, -0.2) is 9.97 Å². The normalized spacial score (nSPS) is 17.0. The molecule has 11 heteroatoms. The highest BCUT2D eigenvalue weighted by molar-refractivity contribution is 8.00. The Morgan fingerprint density at radius 2 is 2.16 bits per heavy atom. The fourth-order valence-electron chi connectivity index (χ4n) is 3.66. The fourth-order valence-corrected chi connectivity index (χ4v) is 4.26. The van der Waals surface area contributed by atoms with Crippen molar-refractivity contribution in [2.45, 2.75) is 29.3 Å². The first kappa shape index (κ1) is 21.3. The number of H-pyrrole nitrogens is 1. The number of halogens is 3. The third-order valence-corrected chi connectivity index (χ3v) is 5.66. The molecule has 3 N–H and O–H groups in total. The number of hydrogen-bond donors (Lipinski definition) is 3. The predicted octanol–water partition coefficient (Wildman–Crippen LogP) is 3.77. The van der Waals surface area contributed by atoms with Gasteiger partial charge in [0.15, 0.2) is 0 Å². The van der Waals surface area contributed by atoms with E-state index in [2.05, 4.69) is 30.5 Å². The van der Waals surface area contributed by atoms with E-state index in [1.807, 2.05) is 12.3 Å². The van der Waals surface area contributed by atoms with E-state index >= 15 is 0 Å². The lowest BCUT2D eigenvalue weighted by atomic mass is 10.1. The number of carbonyl (C=O) groups is 1. The number of carbonyl (C=O) groups excluding carboxylic acids is 1. The van der Waals surface area contributed by atoms with E-state index < -0.39 is 5.51 Å². The highest BCUT2D eigenvalue weighted by Gasteiger charge is 2.29. The molecule has 0 spiro atoms. The molecule has 1 fully saturated rings. The van der Waals surface area contributed by atoms with Crippen molar-refractivity contribution in [1.82, 2.24) is 20.3 Å². The number of thioether (sulfide) groups is 1. The van der Waals surface area contributed by atoms with Crippen LogP contribution in [0.1, 0.15) is 12.8 Å². The Morgan fingerprint density at radius 3 is 3.00 bits per heavy atom. The number of aromatic amines is 1. The number of rotatable bonds is 6. The average molecular weight is 450 g/mol. The summed E-state index contributed by atoms with van der Waals surface area (Å²) in [6, 6.07) is 7.81. The molecule has 1 amide bonds. The first-order valence-electron chi connectivity index (χ1n) is 9.79. The van der Waals surface area contributed by atoms with E-state index in [9.17, 15) is 18.0 Å². The lowest BCUT2D eigenvalue weighted by molar-refractivity contribution is -0.120. The molecule has 0 bridgehead atoms. The molecule has 1 aliphatic heterocycles. The molecule has 3 heterocycles. The van der Waals surface area contributed by atoms with E-state index in [1.165, 1.54) is 24.5 Å². The lowest BCUT2D eigenvalue weighted by Crippen LogP contribution is -2.49. The van der Waals surface area contributed by atoms with Crippen LogP contribution in [-0.2, 0) is 4.79 Å². The molecule has 0 radical (unpaired) electrons. The number of nitrogens with one attached hydrogen (secondary N) is 3. The number of amides is 1. The molecule has 1 atom stereocenters. The highest BCUT2D eigenvalue weighted by Crippen LogP contribution is 2.37. The summed E-state index contributed by atoms with van der Waals surface area (Å²) in [7, 11) is 0.